The van der Waals surface area contributed by atoms with Crippen LogP contribution in [0, 0.1) is 11.7 Å². The summed E-state index contributed by atoms with van der Waals surface area (Å²) in [7, 11) is 0. The van der Waals surface area contributed by atoms with Crippen LogP contribution in [0.2, 0.25) is 0 Å². The number of hydrogen-bond donors (Lipinski definition) is 0. The minimum absolute atomic E-state index is 0.0185. The normalized spacial score (nSPS) is 20.9. The summed E-state index contributed by atoms with van der Waals surface area (Å²) in [6.45, 7) is 4.98. The van der Waals surface area contributed by atoms with E-state index < -0.39 is 17.6 Å². The second kappa shape index (κ2) is 10.5. The molecule has 194 valence electrons. The lowest BCUT2D eigenvalue weighted by molar-refractivity contribution is -0.137. The molecule has 0 saturated carbocycles. The fraction of sp³-hybridized carbons (Fsp3) is 0.345. The van der Waals surface area contributed by atoms with Gasteiger partial charge in [-0.1, -0.05) is 36.4 Å². The number of carbonyl (C=O) groups is 1. The van der Waals surface area contributed by atoms with Crippen LogP contribution in [0.4, 0.5) is 23.2 Å². The molecular formula is C29H29F4N3O. The van der Waals surface area contributed by atoms with Crippen LogP contribution in [0.5, 0.6) is 0 Å². The van der Waals surface area contributed by atoms with Gasteiger partial charge < -0.3 is 9.80 Å². The lowest BCUT2D eigenvalue weighted by atomic mass is 9.88. The summed E-state index contributed by atoms with van der Waals surface area (Å²) >= 11 is 0. The quantitative estimate of drug-likeness (QED) is 0.422. The van der Waals surface area contributed by atoms with E-state index in [9.17, 15) is 22.4 Å². The smallest absolute Gasteiger partial charge is 0.369 e. The highest BCUT2D eigenvalue weighted by Gasteiger charge is 2.38. The van der Waals surface area contributed by atoms with Crippen molar-refractivity contribution < 1.29 is 22.4 Å². The summed E-state index contributed by atoms with van der Waals surface area (Å²) in [4.78, 5) is 19.6. The Morgan fingerprint density at radius 1 is 0.838 bits per heavy atom. The van der Waals surface area contributed by atoms with Gasteiger partial charge in [0.15, 0.2) is 0 Å². The minimum atomic E-state index is -4.52. The molecule has 0 aromatic heterocycles. The Kier molecular flexibility index (Phi) is 7.20. The van der Waals surface area contributed by atoms with Gasteiger partial charge >= 0.3 is 6.18 Å². The van der Waals surface area contributed by atoms with Crippen molar-refractivity contribution in [2.75, 3.05) is 50.7 Å². The third-order valence-electron chi connectivity index (χ3n) is 7.43. The van der Waals surface area contributed by atoms with Gasteiger partial charge in [-0.25, -0.2) is 4.39 Å². The monoisotopic (exact) mass is 511 g/mol. The Morgan fingerprint density at radius 3 is 2.27 bits per heavy atom. The van der Waals surface area contributed by atoms with Crippen LogP contribution in [0.25, 0.3) is 0 Å². The van der Waals surface area contributed by atoms with Crippen LogP contribution in [-0.2, 0) is 6.18 Å². The van der Waals surface area contributed by atoms with Crippen molar-refractivity contribution in [3.8, 4) is 0 Å². The number of benzene rings is 3. The molecule has 37 heavy (non-hydrogen) atoms. The molecule has 3 aromatic rings. The SMILES string of the molecule is O=C(c1cccc(C(F)(F)F)c1)N1C[C@H](CN2CCN(c3ccccc3)CC2)[C@@H](c2cccc(F)c2)C1. The molecule has 1 amide bonds. The van der Waals surface area contributed by atoms with Gasteiger partial charge in [-0.05, 0) is 53.9 Å². The number of likely N-dealkylation sites (tertiary alicyclic amines) is 1. The number of rotatable bonds is 5. The highest BCUT2D eigenvalue weighted by atomic mass is 19.4. The molecule has 3 aromatic carbocycles. The number of alkyl halides is 3. The average Bonchev–Trinajstić information content (AvgIpc) is 3.32. The van der Waals surface area contributed by atoms with E-state index in [2.05, 4.69) is 21.9 Å². The first-order valence-corrected chi connectivity index (χ1v) is 12.5. The molecule has 2 fully saturated rings. The third kappa shape index (κ3) is 5.80. The van der Waals surface area contributed by atoms with E-state index in [1.54, 1.807) is 11.0 Å². The van der Waals surface area contributed by atoms with Crippen LogP contribution in [0.1, 0.15) is 27.4 Å². The molecule has 0 spiro atoms. The fourth-order valence-electron chi connectivity index (χ4n) is 5.51. The summed E-state index contributed by atoms with van der Waals surface area (Å²) in [5.74, 6) is -0.822. The molecule has 2 saturated heterocycles. The zero-order valence-electron chi connectivity index (χ0n) is 20.4. The van der Waals surface area contributed by atoms with E-state index in [-0.39, 0.29) is 23.2 Å². The van der Waals surface area contributed by atoms with Gasteiger partial charge in [-0.2, -0.15) is 13.2 Å². The molecule has 0 radical (unpaired) electrons. The van der Waals surface area contributed by atoms with E-state index in [1.807, 2.05) is 24.3 Å². The predicted molar refractivity (Wildman–Crippen MR) is 135 cm³/mol. The topological polar surface area (TPSA) is 26.8 Å². The molecule has 2 aliphatic rings. The van der Waals surface area contributed by atoms with Crippen LogP contribution >= 0.6 is 0 Å². The summed E-state index contributed by atoms with van der Waals surface area (Å²) in [5, 5.41) is 0. The Morgan fingerprint density at radius 2 is 1.57 bits per heavy atom. The first-order valence-electron chi connectivity index (χ1n) is 12.5. The molecule has 2 aliphatic heterocycles. The molecule has 2 atom stereocenters. The Balaban J connectivity index is 1.31. The van der Waals surface area contributed by atoms with Crippen LogP contribution in [0.3, 0.4) is 0 Å². The molecule has 0 bridgehead atoms. The number of anilines is 1. The molecule has 8 heteroatoms. The third-order valence-corrected chi connectivity index (χ3v) is 7.43. The fourth-order valence-corrected chi connectivity index (χ4v) is 5.51. The maximum Gasteiger partial charge on any atom is 0.416 e. The Bertz CT molecular complexity index is 1230. The van der Waals surface area contributed by atoms with Crippen molar-refractivity contribution in [3.63, 3.8) is 0 Å². The zero-order chi connectivity index (χ0) is 26.0. The van der Waals surface area contributed by atoms with Crippen LogP contribution < -0.4 is 4.90 Å². The molecule has 0 aliphatic carbocycles. The minimum Gasteiger partial charge on any atom is -0.369 e. The highest BCUT2D eigenvalue weighted by Crippen LogP contribution is 2.36. The zero-order valence-corrected chi connectivity index (χ0v) is 20.4. The maximum atomic E-state index is 14.1. The number of halogens is 4. The number of para-hydroxylation sites is 1. The van der Waals surface area contributed by atoms with Gasteiger partial charge in [0.2, 0.25) is 0 Å². The second-order valence-electron chi connectivity index (χ2n) is 9.83. The highest BCUT2D eigenvalue weighted by molar-refractivity contribution is 5.94. The molecular weight excluding hydrogens is 482 g/mol. The first-order chi connectivity index (χ1) is 17.8. The van der Waals surface area contributed by atoms with Gasteiger partial charge in [-0.15, -0.1) is 0 Å². The van der Waals surface area contributed by atoms with E-state index in [4.69, 9.17) is 0 Å². The van der Waals surface area contributed by atoms with Crippen molar-refractivity contribution in [1.29, 1.82) is 0 Å². The van der Waals surface area contributed by atoms with Crippen molar-refractivity contribution in [3.05, 3.63) is 101 Å². The number of piperazine rings is 1. The predicted octanol–water partition coefficient (Wildman–Crippen LogP) is 5.52. The molecule has 0 N–H and O–H groups in total. The lowest BCUT2D eigenvalue weighted by Gasteiger charge is -2.37. The molecule has 2 heterocycles. The second-order valence-corrected chi connectivity index (χ2v) is 9.83. The lowest BCUT2D eigenvalue weighted by Crippen LogP contribution is -2.48. The number of hydrogen-bond acceptors (Lipinski definition) is 3. The van der Waals surface area contributed by atoms with Gasteiger partial charge in [0.05, 0.1) is 5.56 Å². The molecule has 0 unspecified atom stereocenters. The summed E-state index contributed by atoms with van der Waals surface area (Å²) in [5.41, 5.74) is 1.18. The largest absolute Gasteiger partial charge is 0.416 e. The standard InChI is InChI=1S/C29H29F4N3O/c30-25-9-5-6-21(17-25)27-20-36(28(37)22-7-4-8-24(16-22)29(31,32)33)19-23(27)18-34-12-14-35(15-13-34)26-10-2-1-3-11-26/h1-11,16-17,23,27H,12-15,18-20H2/t23-,27+/m0/s1. The van der Waals surface area contributed by atoms with Gasteiger partial charge in [0, 0.05) is 63.0 Å². The van der Waals surface area contributed by atoms with Crippen LogP contribution in [0.15, 0.2) is 78.9 Å². The van der Waals surface area contributed by atoms with Gasteiger partial charge in [-0.3, -0.25) is 9.69 Å². The molecule has 4 nitrogen and oxygen atoms in total. The number of nitrogens with zero attached hydrogens (tertiary/aromatic N) is 3. The van der Waals surface area contributed by atoms with Crippen molar-refractivity contribution in [1.82, 2.24) is 9.80 Å². The van der Waals surface area contributed by atoms with Crippen molar-refractivity contribution in [2.24, 2.45) is 5.92 Å². The Hall–Kier alpha value is -3.39. The molecule has 5 rings (SSSR count). The van der Waals surface area contributed by atoms with E-state index in [0.29, 0.717) is 13.1 Å². The summed E-state index contributed by atoms with van der Waals surface area (Å²) < 4.78 is 53.7. The van der Waals surface area contributed by atoms with Gasteiger partial charge in [0.25, 0.3) is 5.91 Å². The van der Waals surface area contributed by atoms with E-state index >= 15 is 0 Å². The number of amides is 1. The summed E-state index contributed by atoms with van der Waals surface area (Å²) in [6.07, 6.45) is -4.52. The Labute approximate surface area is 214 Å². The van der Waals surface area contributed by atoms with Crippen molar-refractivity contribution in [2.45, 2.75) is 12.1 Å². The van der Waals surface area contributed by atoms with E-state index in [0.717, 1.165) is 50.4 Å². The first kappa shape index (κ1) is 25.3. The van der Waals surface area contributed by atoms with Gasteiger partial charge in [0.1, 0.15) is 5.82 Å². The summed E-state index contributed by atoms with van der Waals surface area (Å²) in [6, 6.07) is 21.2. The average molecular weight is 512 g/mol. The number of carbonyl (C=O) groups excluding carboxylic acids is 1. The maximum absolute atomic E-state index is 14.1. The van der Waals surface area contributed by atoms with Crippen molar-refractivity contribution >= 4 is 11.6 Å². The van der Waals surface area contributed by atoms with E-state index in [1.165, 1.54) is 30.0 Å². The van der Waals surface area contributed by atoms with Crippen LogP contribution in [-0.4, -0.2) is 61.5 Å².